The van der Waals surface area contributed by atoms with Crippen molar-refractivity contribution in [3.8, 4) is 0 Å². The highest BCUT2D eigenvalue weighted by molar-refractivity contribution is 6.02. The van der Waals surface area contributed by atoms with Crippen LogP contribution in [0.5, 0.6) is 0 Å². The van der Waals surface area contributed by atoms with Gasteiger partial charge in [0.2, 0.25) is 0 Å². The maximum atomic E-state index is 12.3. The molecule has 0 atom stereocenters. The summed E-state index contributed by atoms with van der Waals surface area (Å²) in [5, 5.41) is 0.990. The molecule has 0 aromatic carbocycles. The van der Waals surface area contributed by atoms with Crippen molar-refractivity contribution >= 4 is 47.5 Å². The maximum Gasteiger partial charge on any atom is 0.333 e. The minimum atomic E-state index is -0.805. The fourth-order valence-electron chi connectivity index (χ4n) is 4.23. The lowest BCUT2D eigenvalue weighted by atomic mass is 10.0. The molecular weight excluding hydrogens is 644 g/mol. The van der Waals surface area contributed by atoms with Crippen LogP contribution < -0.4 is 0 Å². The van der Waals surface area contributed by atoms with E-state index in [1.54, 1.807) is 13.8 Å². The van der Waals surface area contributed by atoms with Crippen molar-refractivity contribution < 1.29 is 62.2 Å². The van der Waals surface area contributed by atoms with E-state index in [1.807, 2.05) is 13.8 Å². The summed E-state index contributed by atoms with van der Waals surface area (Å²) in [6, 6.07) is 0. The van der Waals surface area contributed by atoms with Gasteiger partial charge in [-0.15, -0.1) is 10.1 Å². The molecule has 0 radical (unpaired) electrons. The van der Waals surface area contributed by atoms with Crippen molar-refractivity contribution in [3.05, 3.63) is 0 Å². The zero-order valence-electron chi connectivity index (χ0n) is 30.1. The second-order valence-electron chi connectivity index (χ2n) is 13.8. The molecule has 0 aliphatic carbocycles. The summed E-state index contributed by atoms with van der Waals surface area (Å²) in [7, 11) is 0. The number of ether oxygens (including phenoxy) is 3. The van der Waals surface area contributed by atoms with Gasteiger partial charge in [-0.2, -0.15) is 0 Å². The smallest absolute Gasteiger partial charge is 0.333 e. The molecule has 2 aliphatic heterocycles. The second-order valence-corrected chi connectivity index (χ2v) is 13.8. The SMILES string of the molecule is CC(C)(CCOC(=O)CCCCC(=O)ON1C(=O)CCC1=O)OCCC(C)(C)OC(=O)CCCCC(=O)ON1C(=O)CCC1=O.CC(C)C. The number of carbonyl (C=O) groups is 8. The summed E-state index contributed by atoms with van der Waals surface area (Å²) in [4.78, 5) is 103. The van der Waals surface area contributed by atoms with E-state index < -0.39 is 58.7 Å². The molecule has 4 amide bonds. The first-order valence-electron chi connectivity index (χ1n) is 17.0. The third-order valence-electron chi connectivity index (χ3n) is 6.98. The van der Waals surface area contributed by atoms with Crippen LogP contribution in [0.2, 0.25) is 0 Å². The highest BCUT2D eigenvalue weighted by atomic mass is 16.7. The monoisotopic (exact) mass is 698 g/mol. The molecule has 278 valence electrons. The number of unbranched alkanes of at least 4 members (excludes halogenated alkanes) is 2. The Balaban J connectivity index is 0.00000283. The van der Waals surface area contributed by atoms with Crippen LogP contribution in [0.25, 0.3) is 0 Å². The van der Waals surface area contributed by atoms with E-state index in [-0.39, 0.29) is 64.6 Å². The van der Waals surface area contributed by atoms with Crippen LogP contribution in [0.4, 0.5) is 0 Å². The lowest BCUT2D eigenvalue weighted by Crippen LogP contribution is -2.33. The molecule has 15 nitrogen and oxygen atoms in total. The predicted octanol–water partition coefficient (Wildman–Crippen LogP) is 4.42. The number of hydrogen-bond acceptors (Lipinski definition) is 13. The van der Waals surface area contributed by atoms with Crippen LogP contribution in [0, 0.1) is 5.92 Å². The van der Waals surface area contributed by atoms with Crippen molar-refractivity contribution in [1.29, 1.82) is 0 Å². The molecule has 2 fully saturated rings. The van der Waals surface area contributed by atoms with E-state index in [9.17, 15) is 38.4 Å². The minimum absolute atomic E-state index is 0.0218. The van der Waals surface area contributed by atoms with Crippen LogP contribution in [0.15, 0.2) is 0 Å². The number of imide groups is 2. The summed E-state index contributed by atoms with van der Waals surface area (Å²) < 4.78 is 16.7. The Labute approximate surface area is 288 Å². The fourth-order valence-corrected chi connectivity index (χ4v) is 4.23. The van der Waals surface area contributed by atoms with Crippen LogP contribution in [-0.2, 0) is 62.2 Å². The van der Waals surface area contributed by atoms with Gasteiger partial charge in [0, 0.05) is 64.2 Å². The van der Waals surface area contributed by atoms with Gasteiger partial charge in [-0.05, 0) is 59.3 Å². The Kier molecular flexibility index (Phi) is 18.7. The van der Waals surface area contributed by atoms with Gasteiger partial charge in [0.15, 0.2) is 0 Å². The number of hydroxylamine groups is 4. The van der Waals surface area contributed by atoms with E-state index in [1.165, 1.54) is 0 Å². The molecule has 0 spiro atoms. The molecule has 0 N–H and O–H groups in total. The van der Waals surface area contributed by atoms with Crippen molar-refractivity contribution in [2.75, 3.05) is 13.2 Å². The quantitative estimate of drug-likeness (QED) is 0.0988. The molecule has 2 aliphatic rings. The standard InChI is InChI=1S/C30H44N2O13.C4H10/c1-29(2,17-19-41-25(37)9-5-7-11-27(39)44-31-21(33)13-14-22(31)34)42-20-18-30(3,4)43-26(38)10-6-8-12-28(40)45-32-23(35)15-16-24(32)36;1-4(2)3/h5-20H2,1-4H3;4H,1-3H3. The van der Waals surface area contributed by atoms with Gasteiger partial charge in [0.1, 0.15) is 5.60 Å². The third-order valence-corrected chi connectivity index (χ3v) is 6.98. The van der Waals surface area contributed by atoms with Crippen molar-refractivity contribution in [1.82, 2.24) is 10.1 Å². The Morgan fingerprint density at radius 3 is 1.33 bits per heavy atom. The lowest BCUT2D eigenvalue weighted by Gasteiger charge is -2.29. The van der Waals surface area contributed by atoms with Gasteiger partial charge in [-0.25, -0.2) is 9.59 Å². The molecule has 0 aromatic heterocycles. The number of nitrogens with zero attached hydrogens (tertiary/aromatic N) is 2. The summed E-state index contributed by atoms with van der Waals surface area (Å²) in [6.07, 6.45) is 2.41. The Morgan fingerprint density at radius 2 is 0.918 bits per heavy atom. The Morgan fingerprint density at radius 1 is 0.571 bits per heavy atom. The zero-order valence-corrected chi connectivity index (χ0v) is 30.1. The number of hydrogen-bond donors (Lipinski definition) is 0. The summed E-state index contributed by atoms with van der Waals surface area (Å²) >= 11 is 0. The average Bonchev–Trinajstić information content (AvgIpc) is 3.47. The summed E-state index contributed by atoms with van der Waals surface area (Å²) in [6.45, 7) is 14.1. The van der Waals surface area contributed by atoms with Crippen molar-refractivity contribution in [2.45, 2.75) is 150 Å². The van der Waals surface area contributed by atoms with Crippen LogP contribution in [0.1, 0.15) is 138 Å². The number of amides is 4. The molecule has 0 saturated carbocycles. The van der Waals surface area contributed by atoms with Crippen molar-refractivity contribution in [2.24, 2.45) is 5.92 Å². The van der Waals surface area contributed by atoms with Gasteiger partial charge >= 0.3 is 23.9 Å². The minimum Gasteiger partial charge on any atom is -0.466 e. The largest absolute Gasteiger partial charge is 0.466 e. The van der Waals surface area contributed by atoms with Crippen LogP contribution in [-0.4, -0.2) is 82.0 Å². The molecule has 0 bridgehead atoms. The number of rotatable bonds is 20. The van der Waals surface area contributed by atoms with E-state index >= 15 is 0 Å². The number of esters is 2. The lowest BCUT2D eigenvalue weighted by molar-refractivity contribution is -0.197. The van der Waals surface area contributed by atoms with Crippen LogP contribution in [0.3, 0.4) is 0 Å². The molecule has 15 heteroatoms. The third kappa shape index (κ3) is 19.0. The van der Waals surface area contributed by atoms with Gasteiger partial charge < -0.3 is 23.9 Å². The zero-order chi connectivity index (χ0) is 37.2. The maximum absolute atomic E-state index is 12.3. The van der Waals surface area contributed by atoms with Gasteiger partial charge in [0.25, 0.3) is 23.6 Å². The topological polar surface area (TPSA) is 189 Å². The highest BCUT2D eigenvalue weighted by Gasteiger charge is 2.34. The second kappa shape index (κ2) is 21.3. The van der Waals surface area contributed by atoms with E-state index in [2.05, 4.69) is 20.8 Å². The normalized spacial score (nSPS) is 14.9. The fraction of sp³-hybridized carbons (Fsp3) is 0.765. The first-order valence-corrected chi connectivity index (χ1v) is 17.0. The molecule has 0 aromatic rings. The average molecular weight is 699 g/mol. The summed E-state index contributed by atoms with van der Waals surface area (Å²) in [5.41, 5.74) is -1.42. The number of carbonyl (C=O) groups excluding carboxylic acids is 8. The first-order chi connectivity index (χ1) is 22.8. The summed E-state index contributed by atoms with van der Waals surface area (Å²) in [5.74, 6) is -3.63. The van der Waals surface area contributed by atoms with E-state index in [4.69, 9.17) is 23.9 Å². The highest BCUT2D eigenvalue weighted by Crippen LogP contribution is 2.21. The van der Waals surface area contributed by atoms with E-state index in [0.29, 0.717) is 48.7 Å². The molecule has 2 saturated heterocycles. The molecule has 2 rings (SSSR count). The Hall–Kier alpha value is -3.88. The first kappa shape index (κ1) is 43.1. The van der Waals surface area contributed by atoms with E-state index in [0.717, 1.165) is 5.92 Å². The van der Waals surface area contributed by atoms with Crippen LogP contribution >= 0.6 is 0 Å². The van der Waals surface area contributed by atoms with Gasteiger partial charge in [-0.3, -0.25) is 28.8 Å². The molecule has 49 heavy (non-hydrogen) atoms. The predicted molar refractivity (Wildman–Crippen MR) is 172 cm³/mol. The molecule has 0 unspecified atom stereocenters. The Bertz CT molecular complexity index is 1140. The van der Waals surface area contributed by atoms with Crippen molar-refractivity contribution in [3.63, 3.8) is 0 Å². The van der Waals surface area contributed by atoms with Gasteiger partial charge in [0.05, 0.1) is 18.8 Å². The molecular formula is C34H54N2O13. The van der Waals surface area contributed by atoms with Gasteiger partial charge in [-0.1, -0.05) is 20.8 Å². The molecule has 2 heterocycles.